The van der Waals surface area contributed by atoms with Crippen LogP contribution in [0.2, 0.25) is 0 Å². The zero-order valence-corrected chi connectivity index (χ0v) is 12.1. The quantitative estimate of drug-likeness (QED) is 0.436. The van der Waals surface area contributed by atoms with E-state index in [1.54, 1.807) is 12.1 Å². The molecule has 0 aliphatic carbocycles. The first-order chi connectivity index (χ1) is 9.54. The molecule has 0 amide bonds. The number of esters is 1. The number of carbonyl (C=O) groups is 1. The average Bonchev–Trinajstić information content (AvgIpc) is 2.45. The predicted molar refractivity (Wildman–Crippen MR) is 77.2 cm³/mol. The van der Waals surface area contributed by atoms with Gasteiger partial charge in [0.2, 0.25) is 0 Å². The fraction of sp³-hybridized carbons (Fsp3) is 0.500. The van der Waals surface area contributed by atoms with E-state index in [4.69, 9.17) is 0 Å². The molecule has 0 N–H and O–H groups in total. The number of methoxy groups -OCH3 is 1. The van der Waals surface area contributed by atoms with Crippen LogP contribution in [0.4, 0.5) is 11.4 Å². The van der Waals surface area contributed by atoms with E-state index in [0.29, 0.717) is 5.69 Å². The Kier molecular flexibility index (Phi) is 5.96. The number of nitro groups is 1. The summed E-state index contributed by atoms with van der Waals surface area (Å²) in [6, 6.07) is 4.46. The van der Waals surface area contributed by atoms with E-state index in [-0.39, 0.29) is 11.3 Å². The van der Waals surface area contributed by atoms with Crippen molar-refractivity contribution in [3.8, 4) is 0 Å². The maximum Gasteiger partial charge on any atom is 0.338 e. The van der Waals surface area contributed by atoms with Crippen LogP contribution in [0.15, 0.2) is 18.2 Å². The molecule has 0 heterocycles. The Bertz CT molecular complexity index is 482. The van der Waals surface area contributed by atoms with Gasteiger partial charge in [0.25, 0.3) is 5.69 Å². The van der Waals surface area contributed by atoms with E-state index >= 15 is 0 Å². The third-order valence-electron chi connectivity index (χ3n) is 2.92. The molecule has 6 heteroatoms. The van der Waals surface area contributed by atoms with E-state index in [2.05, 4.69) is 4.74 Å². The van der Waals surface area contributed by atoms with Gasteiger partial charge in [0.15, 0.2) is 0 Å². The van der Waals surface area contributed by atoms with Gasteiger partial charge in [0.05, 0.1) is 17.6 Å². The number of carbonyl (C=O) groups excluding carboxylic acids is 1. The molecular formula is C14H20N2O4. The van der Waals surface area contributed by atoms with Crippen molar-refractivity contribution in [2.45, 2.75) is 26.7 Å². The third kappa shape index (κ3) is 3.69. The van der Waals surface area contributed by atoms with Gasteiger partial charge in [0.1, 0.15) is 5.69 Å². The van der Waals surface area contributed by atoms with Gasteiger partial charge in [0, 0.05) is 19.2 Å². The summed E-state index contributed by atoms with van der Waals surface area (Å²) in [6.45, 7) is 5.53. The molecule has 0 aliphatic rings. The number of nitrogens with zero attached hydrogens (tertiary/aromatic N) is 2. The summed E-state index contributed by atoms with van der Waals surface area (Å²) >= 11 is 0. The molecule has 0 saturated carbocycles. The van der Waals surface area contributed by atoms with Gasteiger partial charge in [-0.15, -0.1) is 0 Å². The molecular weight excluding hydrogens is 260 g/mol. The zero-order chi connectivity index (χ0) is 15.1. The molecule has 110 valence electrons. The molecule has 0 radical (unpaired) electrons. The second kappa shape index (κ2) is 7.47. The molecule has 0 spiro atoms. The molecule has 20 heavy (non-hydrogen) atoms. The van der Waals surface area contributed by atoms with E-state index in [1.807, 2.05) is 18.7 Å². The molecule has 0 aliphatic heterocycles. The summed E-state index contributed by atoms with van der Waals surface area (Å²) in [5, 5.41) is 11.2. The van der Waals surface area contributed by atoms with Crippen molar-refractivity contribution in [2.24, 2.45) is 0 Å². The summed E-state index contributed by atoms with van der Waals surface area (Å²) < 4.78 is 4.59. The van der Waals surface area contributed by atoms with Crippen LogP contribution in [0.25, 0.3) is 0 Å². The first-order valence-corrected chi connectivity index (χ1v) is 6.66. The van der Waals surface area contributed by atoms with Crippen molar-refractivity contribution in [3.63, 3.8) is 0 Å². The molecule has 0 unspecified atom stereocenters. The van der Waals surface area contributed by atoms with Crippen LogP contribution in [0.1, 0.15) is 37.0 Å². The number of ether oxygens (including phenoxy) is 1. The molecule has 1 aromatic carbocycles. The summed E-state index contributed by atoms with van der Waals surface area (Å²) in [5.41, 5.74) is 0.678. The minimum absolute atomic E-state index is 0.0604. The molecule has 0 aromatic heterocycles. The van der Waals surface area contributed by atoms with Crippen LogP contribution in [0.5, 0.6) is 0 Å². The van der Waals surface area contributed by atoms with Crippen LogP contribution in [0, 0.1) is 10.1 Å². The van der Waals surface area contributed by atoms with Gasteiger partial charge in [-0.05, 0) is 25.0 Å². The number of anilines is 1. The molecule has 1 rings (SSSR count). The molecule has 0 fully saturated rings. The van der Waals surface area contributed by atoms with E-state index in [1.165, 1.54) is 13.2 Å². The second-order valence-corrected chi connectivity index (χ2v) is 4.44. The van der Waals surface area contributed by atoms with Gasteiger partial charge in [-0.2, -0.15) is 0 Å². The van der Waals surface area contributed by atoms with Crippen molar-refractivity contribution >= 4 is 17.3 Å². The molecule has 6 nitrogen and oxygen atoms in total. The normalized spacial score (nSPS) is 10.2. The topological polar surface area (TPSA) is 72.7 Å². The molecule has 0 atom stereocenters. The SMILES string of the molecule is CCCN(CCC)c1ccc(C(=O)OC)cc1[N+](=O)[O-]. The first kappa shape index (κ1) is 15.9. The predicted octanol–water partition coefficient (Wildman–Crippen LogP) is 3.01. The molecule has 1 aromatic rings. The number of rotatable bonds is 7. The van der Waals surface area contributed by atoms with Crippen LogP contribution in [-0.4, -0.2) is 31.1 Å². The lowest BCUT2D eigenvalue weighted by Gasteiger charge is -2.23. The molecule has 0 bridgehead atoms. The van der Waals surface area contributed by atoms with Crippen molar-refractivity contribution in [2.75, 3.05) is 25.1 Å². The standard InChI is InChI=1S/C14H20N2O4/c1-4-8-15(9-5-2)12-7-6-11(14(17)20-3)10-13(12)16(18)19/h6-7,10H,4-5,8-9H2,1-3H3. The van der Waals surface area contributed by atoms with Gasteiger partial charge in [-0.25, -0.2) is 4.79 Å². The third-order valence-corrected chi connectivity index (χ3v) is 2.92. The molecule has 0 saturated heterocycles. The zero-order valence-electron chi connectivity index (χ0n) is 12.1. The fourth-order valence-corrected chi connectivity index (χ4v) is 2.07. The monoisotopic (exact) mass is 280 g/mol. The van der Waals surface area contributed by atoms with Crippen LogP contribution >= 0.6 is 0 Å². The summed E-state index contributed by atoms with van der Waals surface area (Å²) in [6.07, 6.45) is 1.80. The highest BCUT2D eigenvalue weighted by atomic mass is 16.6. The Balaban J connectivity index is 3.24. The second-order valence-electron chi connectivity index (χ2n) is 4.44. The lowest BCUT2D eigenvalue weighted by atomic mass is 10.1. The van der Waals surface area contributed by atoms with Crippen molar-refractivity contribution in [1.29, 1.82) is 0 Å². The van der Waals surface area contributed by atoms with Gasteiger partial charge < -0.3 is 9.64 Å². The van der Waals surface area contributed by atoms with Crippen LogP contribution < -0.4 is 4.90 Å². The highest BCUT2D eigenvalue weighted by molar-refractivity contribution is 5.91. The van der Waals surface area contributed by atoms with Crippen LogP contribution in [0.3, 0.4) is 0 Å². The number of hydrogen-bond donors (Lipinski definition) is 0. The Morgan fingerprint density at radius 2 is 1.90 bits per heavy atom. The van der Waals surface area contributed by atoms with E-state index < -0.39 is 10.9 Å². The summed E-state index contributed by atoms with van der Waals surface area (Å²) in [5.74, 6) is -0.572. The lowest BCUT2D eigenvalue weighted by molar-refractivity contribution is -0.384. The van der Waals surface area contributed by atoms with Crippen molar-refractivity contribution < 1.29 is 14.5 Å². The largest absolute Gasteiger partial charge is 0.465 e. The summed E-state index contributed by atoms with van der Waals surface area (Å²) in [4.78, 5) is 24.2. The highest BCUT2D eigenvalue weighted by Crippen LogP contribution is 2.29. The number of benzene rings is 1. The highest BCUT2D eigenvalue weighted by Gasteiger charge is 2.21. The Morgan fingerprint density at radius 1 is 1.30 bits per heavy atom. The minimum atomic E-state index is -0.572. The van der Waals surface area contributed by atoms with Crippen molar-refractivity contribution in [3.05, 3.63) is 33.9 Å². The Labute approximate surface area is 118 Å². The van der Waals surface area contributed by atoms with Gasteiger partial charge in [-0.3, -0.25) is 10.1 Å². The minimum Gasteiger partial charge on any atom is -0.465 e. The van der Waals surface area contributed by atoms with Crippen LogP contribution in [-0.2, 0) is 4.74 Å². The van der Waals surface area contributed by atoms with Gasteiger partial charge in [-0.1, -0.05) is 13.8 Å². The van der Waals surface area contributed by atoms with E-state index in [9.17, 15) is 14.9 Å². The number of nitro benzene ring substituents is 1. The van der Waals surface area contributed by atoms with Crippen molar-refractivity contribution in [1.82, 2.24) is 0 Å². The maximum atomic E-state index is 11.5. The number of hydrogen-bond acceptors (Lipinski definition) is 5. The summed E-state index contributed by atoms with van der Waals surface area (Å²) in [7, 11) is 1.25. The lowest BCUT2D eigenvalue weighted by Crippen LogP contribution is -2.25. The first-order valence-electron chi connectivity index (χ1n) is 6.66. The smallest absolute Gasteiger partial charge is 0.338 e. The Morgan fingerprint density at radius 3 is 2.35 bits per heavy atom. The average molecular weight is 280 g/mol. The fourth-order valence-electron chi connectivity index (χ4n) is 2.07. The Hall–Kier alpha value is -2.11. The maximum absolute atomic E-state index is 11.5. The van der Waals surface area contributed by atoms with Gasteiger partial charge >= 0.3 is 5.97 Å². The van der Waals surface area contributed by atoms with E-state index in [0.717, 1.165) is 25.9 Å².